The summed E-state index contributed by atoms with van der Waals surface area (Å²) in [7, 11) is 0. The summed E-state index contributed by atoms with van der Waals surface area (Å²) in [5.41, 5.74) is 40.9. The van der Waals surface area contributed by atoms with Gasteiger partial charge in [0.25, 0.3) is 0 Å². The van der Waals surface area contributed by atoms with Gasteiger partial charge in [0.2, 0.25) is 46.7 Å². The molecule has 0 aliphatic rings. The molecular weight excluding hydrogens is 1520 g/mol. The number of nitrogens with two attached hydrogens (primary N) is 7. The van der Waals surface area contributed by atoms with Crippen molar-refractivity contribution >= 4 is 99.3 Å². The number of halogens is 3. The van der Waals surface area contributed by atoms with Gasteiger partial charge in [0.15, 0.2) is 23.6 Å². The second-order valence-electron chi connectivity index (χ2n) is 23.7. The second-order valence-corrected chi connectivity index (χ2v) is 23.7. The quantitative estimate of drug-likeness (QED) is 0.0270. The zero-order valence-electron chi connectivity index (χ0n) is 61.8. The maximum atomic E-state index is 12.6. The van der Waals surface area contributed by atoms with E-state index in [0.29, 0.717) is 65.1 Å². The lowest BCUT2D eigenvalue weighted by Crippen LogP contribution is -2.45. The molecule has 36 heteroatoms. The highest BCUT2D eigenvalue weighted by Crippen LogP contribution is 2.27. The number of benzene rings is 5. The molecule has 22 N–H and O–H groups in total. The predicted molar refractivity (Wildman–Crippen MR) is 423 cm³/mol. The zero-order valence-corrected chi connectivity index (χ0v) is 65.4. The van der Waals surface area contributed by atoms with E-state index < -0.39 is 90.0 Å². The van der Waals surface area contributed by atoms with Crippen molar-refractivity contribution in [3.63, 3.8) is 0 Å². The number of carboxylic acid groups (broad SMARTS) is 4. The van der Waals surface area contributed by atoms with Gasteiger partial charge in [-0.1, -0.05) is 181 Å². The number of amides is 4. The summed E-state index contributed by atoms with van der Waals surface area (Å²) in [6, 6.07) is 40.2. The average molecular weight is 1620 g/mol. The highest BCUT2D eigenvalue weighted by atomic mass is 35.5. The SMILES string of the molecule is CC(C)C[C@H](N)C(O)C(N)=O.CCCC[C@H](C)C(O)C(N)=O.CC[C@H](N)C(O)C(N)=O.Cc1nc(-c2ccccc2)c(C(=O)O)o1.Cc1nc(-c2ccccc2)c(C(=O)O)o1.Cc1nc(-c2ccccc2)c(C(=O)O)o1.Cc1nc(-c2ccccc2)c(C(=O)O)o1.Cl.Cl.NC(=O)C(O)[C@@H](N)Cc1ccc(F)cc1.S.S. The van der Waals surface area contributed by atoms with Crippen LogP contribution in [0.25, 0.3) is 45.0 Å². The summed E-state index contributed by atoms with van der Waals surface area (Å²) in [5, 5.41) is 71.9. The molecule has 0 saturated heterocycles. The molecule has 604 valence electrons. The number of unbranched alkanes of at least 4 members (excludes halogenated alkanes) is 1. The first-order valence-electron chi connectivity index (χ1n) is 32.8. The van der Waals surface area contributed by atoms with Crippen molar-refractivity contribution in [1.82, 2.24) is 19.9 Å². The Morgan fingerprint density at radius 1 is 0.409 bits per heavy atom. The maximum Gasteiger partial charge on any atom is 0.374 e. The summed E-state index contributed by atoms with van der Waals surface area (Å²) < 4.78 is 32.6. The van der Waals surface area contributed by atoms with Crippen molar-refractivity contribution in [3.8, 4) is 45.0 Å². The van der Waals surface area contributed by atoms with E-state index in [9.17, 15) is 47.9 Å². The summed E-state index contributed by atoms with van der Waals surface area (Å²) in [6.07, 6.45) is -0.371. The molecule has 4 aromatic heterocycles. The third kappa shape index (κ3) is 36.7. The molecule has 4 heterocycles. The Morgan fingerprint density at radius 3 is 0.882 bits per heavy atom. The predicted octanol–water partition coefficient (Wildman–Crippen LogP) is 8.44. The minimum absolute atomic E-state index is 0. The lowest BCUT2D eigenvalue weighted by molar-refractivity contribution is -0.128. The Balaban J connectivity index is -0.00000119. The van der Waals surface area contributed by atoms with E-state index in [1.165, 1.54) is 12.1 Å². The number of hydrogen-bond acceptors (Lipinski definition) is 23. The molecule has 4 unspecified atom stereocenters. The molecule has 8 atom stereocenters. The van der Waals surface area contributed by atoms with Crippen LogP contribution in [-0.2, 0) is 25.6 Å². The van der Waals surface area contributed by atoms with Crippen molar-refractivity contribution in [2.45, 2.75) is 143 Å². The largest absolute Gasteiger partial charge is 0.475 e. The van der Waals surface area contributed by atoms with Crippen molar-refractivity contribution < 1.29 is 101 Å². The van der Waals surface area contributed by atoms with Crippen LogP contribution in [0.1, 0.15) is 138 Å². The van der Waals surface area contributed by atoms with Gasteiger partial charge in [0, 0.05) is 68.1 Å². The molecule has 0 fully saturated rings. The number of aliphatic hydroxyl groups is 4. The topological polar surface area (TPSA) is 585 Å². The Bertz CT molecular complexity index is 3830. The van der Waals surface area contributed by atoms with Gasteiger partial charge in [-0.2, -0.15) is 27.0 Å². The van der Waals surface area contributed by atoms with Gasteiger partial charge in [0.1, 0.15) is 53.0 Å². The van der Waals surface area contributed by atoms with Crippen molar-refractivity contribution in [1.29, 1.82) is 0 Å². The first-order valence-corrected chi connectivity index (χ1v) is 32.8. The molecule has 0 bridgehead atoms. The van der Waals surface area contributed by atoms with Gasteiger partial charge in [-0.05, 0) is 55.2 Å². The van der Waals surface area contributed by atoms with E-state index in [1.54, 1.807) is 95.3 Å². The van der Waals surface area contributed by atoms with Crippen molar-refractivity contribution in [3.05, 3.63) is 204 Å². The third-order valence-corrected chi connectivity index (χ3v) is 14.4. The molecule has 0 aliphatic heterocycles. The first kappa shape index (κ1) is 104. The van der Waals surface area contributed by atoms with Crippen LogP contribution in [0, 0.1) is 45.3 Å². The number of aliphatic hydroxyl groups excluding tert-OH is 4. The molecule has 0 aliphatic carbocycles. The summed E-state index contributed by atoms with van der Waals surface area (Å²) in [5.74, 6) is -6.42. The summed E-state index contributed by atoms with van der Waals surface area (Å²) in [6.45, 7) is 16.1. The van der Waals surface area contributed by atoms with E-state index in [4.69, 9.17) is 93.5 Å². The molecule has 0 spiro atoms. The number of aromatic nitrogens is 4. The van der Waals surface area contributed by atoms with Crippen molar-refractivity contribution in [2.75, 3.05) is 0 Å². The normalized spacial score (nSPS) is 12.2. The Labute approximate surface area is 661 Å². The van der Waals surface area contributed by atoms with Crippen molar-refractivity contribution in [2.24, 2.45) is 52.0 Å². The highest BCUT2D eigenvalue weighted by Gasteiger charge is 2.25. The number of carboxylic acids is 4. The van der Waals surface area contributed by atoms with Gasteiger partial charge in [-0.3, -0.25) is 19.2 Å². The zero-order chi connectivity index (χ0) is 80.1. The minimum Gasteiger partial charge on any atom is -0.475 e. The smallest absolute Gasteiger partial charge is 0.374 e. The summed E-state index contributed by atoms with van der Waals surface area (Å²) >= 11 is 0. The van der Waals surface area contributed by atoms with Gasteiger partial charge in [-0.25, -0.2) is 43.5 Å². The maximum absolute atomic E-state index is 12.6. The molecule has 9 aromatic rings. The summed E-state index contributed by atoms with van der Waals surface area (Å²) in [4.78, 5) is 101. The lowest BCUT2D eigenvalue weighted by atomic mass is 9.98. The monoisotopic (exact) mass is 1620 g/mol. The molecule has 0 saturated carbocycles. The van der Waals surface area contributed by atoms with Crippen LogP contribution in [0.15, 0.2) is 163 Å². The fourth-order valence-electron chi connectivity index (χ4n) is 8.95. The van der Waals surface area contributed by atoms with E-state index in [0.717, 1.165) is 47.1 Å². The van der Waals surface area contributed by atoms with Gasteiger partial charge in [-0.15, -0.1) is 24.8 Å². The Morgan fingerprint density at radius 2 is 0.664 bits per heavy atom. The van der Waals surface area contributed by atoms with Crippen LogP contribution in [0.4, 0.5) is 4.39 Å². The lowest BCUT2D eigenvalue weighted by Gasteiger charge is -2.17. The number of hydrogen-bond donors (Lipinski definition) is 15. The first-order chi connectivity index (χ1) is 49.9. The van der Waals surface area contributed by atoms with E-state index in [-0.39, 0.29) is 93.0 Å². The van der Waals surface area contributed by atoms with E-state index in [2.05, 4.69) is 26.9 Å². The molecule has 31 nitrogen and oxygen atoms in total. The highest BCUT2D eigenvalue weighted by molar-refractivity contribution is 7.59. The minimum atomic E-state index is -1.38. The molecule has 0 radical (unpaired) electrons. The fraction of sp³-hybridized carbons (Fsp3) is 0.324. The van der Waals surface area contributed by atoms with Crippen LogP contribution in [0.5, 0.6) is 0 Å². The van der Waals surface area contributed by atoms with Crippen LogP contribution in [0.2, 0.25) is 0 Å². The average Bonchev–Trinajstić information content (AvgIpc) is 1.69. The number of aromatic carboxylic acids is 4. The standard InChI is InChI=1S/4C11H9NO3.C10H13FN2O2.C8H17NO2.C7H16N2O2.C5H12N2O2.2ClH.2H2S/c4*1-7-12-9(10(15-7)11(13)14)8-5-3-2-4-6-8;11-7-3-1-6(2-4-7)5-8(12)9(14)10(13)15;1-3-4-5-6(2)7(10)8(9)11;1-4(2)3-5(8)6(10)7(9)11;1-2-3(6)4(8)5(7)9;;;;/h4*2-6H,1H3,(H,13,14);1-4,8-9,14H,5,12H2,(H2,13,15);6-7,10H,3-5H2,1-2H3,(H2,9,11);4-6,10H,3,8H2,1-2H3,(H2,9,11);3-4,8H,2,6H2,1H3,(H2,7,9);2*1H;2*1H2/t;;;;8-,9?;6-,7?;5-,6?;3-,4?;;;;/m....0000..../s1. The van der Waals surface area contributed by atoms with E-state index >= 15 is 0 Å². The van der Waals surface area contributed by atoms with Gasteiger partial charge < -0.3 is 98.7 Å². The number of aryl methyl sites for hydroxylation is 4. The number of oxazole rings is 4. The number of primary amides is 4. The van der Waals surface area contributed by atoms with Crippen LogP contribution < -0.4 is 40.1 Å². The van der Waals surface area contributed by atoms with E-state index in [1.807, 2.05) is 93.6 Å². The molecule has 9 rings (SSSR count). The number of rotatable bonds is 24. The van der Waals surface area contributed by atoms with Crippen LogP contribution >= 0.6 is 51.8 Å². The van der Waals surface area contributed by atoms with Crippen LogP contribution in [-0.4, -0.2) is 151 Å². The number of carbonyl (C=O) groups excluding carboxylic acids is 4. The fourth-order valence-corrected chi connectivity index (χ4v) is 8.95. The molecule has 5 aromatic carbocycles. The molecule has 4 amide bonds. The van der Waals surface area contributed by atoms with Gasteiger partial charge >= 0.3 is 23.9 Å². The Hall–Kier alpha value is -10.4. The van der Waals surface area contributed by atoms with Gasteiger partial charge in [0.05, 0.1) is 0 Å². The molecule has 110 heavy (non-hydrogen) atoms. The number of carbonyl (C=O) groups is 8. The molecular formula is C74H100Cl2FN11O20S2. The second kappa shape index (κ2) is 53.4. The third-order valence-electron chi connectivity index (χ3n) is 14.4. The Kier molecular flexibility index (Phi) is 50.4. The number of nitrogens with zero attached hydrogens (tertiary/aromatic N) is 4. The van der Waals surface area contributed by atoms with Crippen LogP contribution in [0.3, 0.4) is 0 Å².